The molecular weight excluding hydrogens is 150 g/mol. The number of hydrogen-bond acceptors (Lipinski definition) is 2. The summed E-state index contributed by atoms with van der Waals surface area (Å²) in [6, 6.07) is 0. The summed E-state index contributed by atoms with van der Waals surface area (Å²) in [4.78, 5) is 3.83. The van der Waals surface area contributed by atoms with Crippen molar-refractivity contribution in [2.45, 2.75) is 6.42 Å². The van der Waals surface area contributed by atoms with Crippen LogP contribution in [0.4, 0.5) is 0 Å². The zero-order valence-electron chi connectivity index (χ0n) is 5.70. The lowest BCUT2D eigenvalue weighted by atomic mass is 10.5. The average Bonchev–Trinajstić information content (AvgIpc) is 1.80. The van der Waals surface area contributed by atoms with Crippen molar-refractivity contribution in [2.75, 3.05) is 13.3 Å². The van der Waals surface area contributed by atoms with E-state index in [0.29, 0.717) is 0 Å². The highest BCUT2D eigenvalue weighted by atomic mass is 32.8. The van der Waals surface area contributed by atoms with E-state index >= 15 is 0 Å². The predicted molar refractivity (Wildman–Crippen MR) is 48.8 cm³/mol. The van der Waals surface area contributed by atoms with Gasteiger partial charge < -0.3 is 4.99 Å². The van der Waals surface area contributed by atoms with Gasteiger partial charge in [-0.05, 0) is 22.9 Å². The molecule has 0 aliphatic rings. The maximum atomic E-state index is 4.92. The quantitative estimate of drug-likeness (QED) is 0.568. The molecule has 0 bridgehead atoms. The van der Waals surface area contributed by atoms with Gasteiger partial charge in [-0.2, -0.15) is 0 Å². The standard InChI is InChI=1S/C6H11NS2/c1-7-5-3-4-6-9(2)8/h4-6H,3H2,1-2H3/b6-4-,7-5?. The molecule has 1 atom stereocenters. The van der Waals surface area contributed by atoms with Gasteiger partial charge in [0, 0.05) is 19.7 Å². The topological polar surface area (TPSA) is 12.4 Å². The van der Waals surface area contributed by atoms with Crippen molar-refractivity contribution in [1.82, 2.24) is 0 Å². The van der Waals surface area contributed by atoms with Gasteiger partial charge in [0.25, 0.3) is 0 Å². The molecule has 0 saturated heterocycles. The number of nitrogens with zero attached hydrogens (tertiary/aromatic N) is 1. The van der Waals surface area contributed by atoms with Crippen LogP contribution in [0.3, 0.4) is 0 Å². The second kappa shape index (κ2) is 6.11. The van der Waals surface area contributed by atoms with Gasteiger partial charge in [-0.3, -0.25) is 0 Å². The lowest BCUT2D eigenvalue weighted by Gasteiger charge is -1.81. The molecular formula is C6H11NS2. The Balaban J connectivity index is 3.36. The van der Waals surface area contributed by atoms with Crippen molar-refractivity contribution in [3.8, 4) is 0 Å². The molecule has 0 aromatic carbocycles. The average molecular weight is 161 g/mol. The molecule has 0 radical (unpaired) electrons. The molecule has 0 heterocycles. The van der Waals surface area contributed by atoms with Crippen LogP contribution < -0.4 is 0 Å². The number of allylic oxidation sites excluding steroid dienone is 1. The Labute approximate surface area is 63.5 Å². The van der Waals surface area contributed by atoms with E-state index < -0.39 is 0 Å². The van der Waals surface area contributed by atoms with E-state index in [-0.39, 0.29) is 9.45 Å². The van der Waals surface area contributed by atoms with Crippen LogP contribution in [0.1, 0.15) is 6.42 Å². The highest BCUT2D eigenvalue weighted by Crippen LogP contribution is 1.82. The summed E-state index contributed by atoms with van der Waals surface area (Å²) in [5, 5.41) is 2.02. The van der Waals surface area contributed by atoms with Crippen molar-refractivity contribution in [3.63, 3.8) is 0 Å². The van der Waals surface area contributed by atoms with E-state index in [4.69, 9.17) is 11.2 Å². The minimum absolute atomic E-state index is 0.0221. The van der Waals surface area contributed by atoms with E-state index in [2.05, 4.69) is 4.99 Å². The molecule has 1 unspecified atom stereocenters. The molecule has 0 fully saturated rings. The second-order valence-corrected chi connectivity index (χ2v) is 4.39. The Morgan fingerprint density at radius 3 is 2.78 bits per heavy atom. The summed E-state index contributed by atoms with van der Waals surface area (Å²) in [6.07, 6.45) is 6.82. The summed E-state index contributed by atoms with van der Waals surface area (Å²) in [5.41, 5.74) is 0. The third-order valence-corrected chi connectivity index (χ3v) is 1.62. The van der Waals surface area contributed by atoms with Gasteiger partial charge in [0.15, 0.2) is 0 Å². The largest absolute Gasteiger partial charge is 0.301 e. The van der Waals surface area contributed by atoms with Crippen molar-refractivity contribution < 1.29 is 0 Å². The zero-order valence-corrected chi connectivity index (χ0v) is 7.34. The van der Waals surface area contributed by atoms with E-state index in [1.807, 2.05) is 24.0 Å². The summed E-state index contributed by atoms with van der Waals surface area (Å²) < 4.78 is 0. The molecule has 3 heteroatoms. The third-order valence-electron chi connectivity index (χ3n) is 0.712. The summed E-state index contributed by atoms with van der Waals surface area (Å²) >= 11 is 4.92. The van der Waals surface area contributed by atoms with Gasteiger partial charge in [0.2, 0.25) is 0 Å². The van der Waals surface area contributed by atoms with Crippen LogP contribution in [-0.4, -0.2) is 19.5 Å². The molecule has 0 saturated carbocycles. The molecule has 0 spiro atoms. The molecule has 9 heavy (non-hydrogen) atoms. The normalized spacial score (nSPS) is 15.3. The van der Waals surface area contributed by atoms with E-state index in [0.717, 1.165) is 6.42 Å². The van der Waals surface area contributed by atoms with Crippen molar-refractivity contribution in [2.24, 2.45) is 4.99 Å². The fourth-order valence-corrected chi connectivity index (χ4v) is 0.975. The maximum Gasteiger partial charge on any atom is 0.0273 e. The lowest BCUT2D eigenvalue weighted by molar-refractivity contribution is 1.41. The van der Waals surface area contributed by atoms with Gasteiger partial charge in [0.1, 0.15) is 0 Å². The summed E-state index contributed by atoms with van der Waals surface area (Å²) in [5.74, 6) is 0. The van der Waals surface area contributed by atoms with Crippen LogP contribution in [-0.2, 0) is 20.6 Å². The molecule has 0 aliphatic heterocycles. The van der Waals surface area contributed by atoms with Gasteiger partial charge in [0.05, 0.1) is 0 Å². The zero-order chi connectivity index (χ0) is 7.11. The fraction of sp³-hybridized carbons (Fsp3) is 0.500. The molecule has 0 aromatic heterocycles. The van der Waals surface area contributed by atoms with Crippen LogP contribution in [0, 0.1) is 0 Å². The highest BCUT2D eigenvalue weighted by Gasteiger charge is 1.71. The first-order chi connectivity index (χ1) is 4.27. The van der Waals surface area contributed by atoms with Crippen LogP contribution in [0.5, 0.6) is 0 Å². The first-order valence-electron chi connectivity index (χ1n) is 2.67. The van der Waals surface area contributed by atoms with Crippen LogP contribution >= 0.6 is 0 Å². The van der Waals surface area contributed by atoms with Crippen LogP contribution in [0.2, 0.25) is 0 Å². The molecule has 0 amide bonds. The molecule has 0 aromatic rings. The maximum absolute atomic E-state index is 4.92. The monoisotopic (exact) mass is 161 g/mol. The smallest absolute Gasteiger partial charge is 0.0273 e. The van der Waals surface area contributed by atoms with Crippen molar-refractivity contribution in [1.29, 1.82) is 0 Å². The van der Waals surface area contributed by atoms with Gasteiger partial charge in [-0.1, -0.05) is 6.08 Å². The molecule has 0 aliphatic carbocycles. The van der Waals surface area contributed by atoms with Gasteiger partial charge >= 0.3 is 0 Å². The predicted octanol–water partition coefficient (Wildman–Crippen LogP) is 1.30. The SMILES string of the molecule is CN=CC/C=C\S(C)=S. The van der Waals surface area contributed by atoms with Crippen molar-refractivity contribution in [3.05, 3.63) is 11.5 Å². The Morgan fingerprint density at radius 1 is 1.67 bits per heavy atom. The number of rotatable bonds is 3. The minimum Gasteiger partial charge on any atom is -0.301 e. The summed E-state index contributed by atoms with van der Waals surface area (Å²) in [6.45, 7) is 0. The number of aliphatic imine (C=N–C) groups is 1. The van der Waals surface area contributed by atoms with Gasteiger partial charge in [-0.15, -0.1) is 9.45 Å². The Kier molecular flexibility index (Phi) is 6.09. The Bertz CT molecular complexity index is 138. The number of hydrogen-bond donors (Lipinski definition) is 0. The van der Waals surface area contributed by atoms with E-state index in [9.17, 15) is 0 Å². The first-order valence-corrected chi connectivity index (χ1v) is 5.29. The van der Waals surface area contributed by atoms with E-state index in [1.54, 1.807) is 7.05 Å². The Hall–Kier alpha value is -0.0200. The van der Waals surface area contributed by atoms with Crippen molar-refractivity contribution >= 4 is 26.9 Å². The molecule has 52 valence electrons. The first kappa shape index (κ1) is 8.98. The molecule has 1 nitrogen and oxygen atoms in total. The third kappa shape index (κ3) is 7.98. The lowest BCUT2D eigenvalue weighted by Crippen LogP contribution is -1.73. The minimum atomic E-state index is 0.0221. The van der Waals surface area contributed by atoms with Gasteiger partial charge in [-0.25, -0.2) is 0 Å². The second-order valence-electron chi connectivity index (χ2n) is 1.55. The Morgan fingerprint density at radius 2 is 2.33 bits per heavy atom. The van der Waals surface area contributed by atoms with Crippen LogP contribution in [0.15, 0.2) is 16.5 Å². The highest BCUT2D eigenvalue weighted by molar-refractivity contribution is 8.30. The van der Waals surface area contributed by atoms with Crippen LogP contribution in [0.25, 0.3) is 0 Å². The fourth-order valence-electron chi connectivity index (χ4n) is 0.357. The van der Waals surface area contributed by atoms with E-state index in [1.165, 1.54) is 0 Å². The molecule has 0 rings (SSSR count). The summed E-state index contributed by atoms with van der Waals surface area (Å²) in [7, 11) is 1.79. The molecule has 0 N–H and O–H groups in total.